The Morgan fingerprint density at radius 3 is 1.75 bits per heavy atom. The number of aliphatic imine (C=N–C) groups is 1. The molecule has 0 amide bonds. The lowest BCUT2D eigenvalue weighted by Crippen LogP contribution is -2.29. The number of alkyl halides is 3. The maximum absolute atomic E-state index is 12.0. The zero-order chi connectivity index (χ0) is 49.3. The molecular weight excluding hydrogens is 907 g/mol. The van der Waals surface area contributed by atoms with Gasteiger partial charge in [0.2, 0.25) is 0 Å². The normalized spacial score (nSPS) is 15.4. The molecule has 2 N–H and O–H groups in total. The number of methoxy groups -OCH3 is 2. The minimum Gasteiger partial charge on any atom is -0.496 e. The summed E-state index contributed by atoms with van der Waals surface area (Å²) in [4.78, 5) is 7.92. The van der Waals surface area contributed by atoms with Gasteiger partial charge in [0, 0.05) is 17.8 Å². The molecule has 15 heteroatoms. The second-order valence-corrected chi connectivity index (χ2v) is 21.1. The van der Waals surface area contributed by atoms with Gasteiger partial charge in [-0.25, -0.2) is 0 Å². The molecule has 9 nitrogen and oxygen atoms in total. The minimum atomic E-state index is -5.67. The molecule has 1 aromatic heterocycles. The molecule has 0 saturated heterocycles. The lowest BCUT2D eigenvalue weighted by atomic mass is 9.81. The van der Waals surface area contributed by atoms with Crippen LogP contribution in [0.2, 0.25) is 0 Å². The topological polar surface area (TPSA) is 128 Å². The minimum absolute atomic E-state index is 0.118. The Kier molecular flexibility index (Phi) is 20.3. The predicted molar refractivity (Wildman–Crippen MR) is 271 cm³/mol. The van der Waals surface area contributed by atoms with Crippen LogP contribution in [0, 0.1) is 20.3 Å². The van der Waals surface area contributed by atoms with E-state index in [-0.39, 0.29) is 13.6 Å². The zero-order valence-corrected chi connectivity index (χ0v) is 41.2. The summed E-state index contributed by atoms with van der Waals surface area (Å²) in [5.41, 5.74) is 4.46. The quantitative estimate of drug-likeness (QED) is 0.0491. The second-order valence-electron chi connectivity index (χ2n) is 16.8. The maximum Gasteiger partial charge on any atom is 0.534 e. The van der Waals surface area contributed by atoms with Crippen LogP contribution in [-0.2, 0) is 14.3 Å². The first-order valence-corrected chi connectivity index (χ1v) is 25.7. The third kappa shape index (κ3) is 15.6. The van der Waals surface area contributed by atoms with Crippen molar-refractivity contribution in [2.24, 2.45) is 4.99 Å². The van der Waals surface area contributed by atoms with E-state index in [0.29, 0.717) is 11.0 Å². The number of rotatable bonds is 9. The van der Waals surface area contributed by atoms with Gasteiger partial charge in [0.15, 0.2) is 5.70 Å². The van der Waals surface area contributed by atoms with E-state index in [2.05, 4.69) is 88.3 Å². The van der Waals surface area contributed by atoms with Crippen molar-refractivity contribution in [3.05, 3.63) is 157 Å². The lowest BCUT2D eigenvalue weighted by Gasteiger charge is -2.39. The Hall–Kier alpha value is -5.40. The molecule has 5 aromatic rings. The van der Waals surface area contributed by atoms with Gasteiger partial charge in [0.05, 0.1) is 43.5 Å². The number of nitrogens with zero attached hydrogens (tertiary/aromatic N) is 2. The van der Waals surface area contributed by atoms with Crippen LogP contribution in [0.25, 0.3) is 22.4 Å². The number of dihydropyridines is 1. The van der Waals surface area contributed by atoms with E-state index in [1.54, 1.807) is 50.7 Å². The summed E-state index contributed by atoms with van der Waals surface area (Å²) in [6.07, 6.45) is 16.7. The Balaban J connectivity index is 0.000000187. The first-order chi connectivity index (χ1) is 32.5. The SMILES string of the molecule is C=C1[CH+]C(C)=CC(OS(=O)(=O)C(F)(F)F)=N1.COc1cccc(OC)c1-c1ccccc1P(C1CCCCC1)C1CCCCC1.Cc1cc(C)nc(-c2ccccc2)c1.OB(O)c1ccccc1. The van der Waals surface area contributed by atoms with Gasteiger partial charge in [0.1, 0.15) is 11.5 Å². The van der Waals surface area contributed by atoms with Crippen LogP contribution in [0.3, 0.4) is 0 Å². The third-order valence-electron chi connectivity index (χ3n) is 11.6. The van der Waals surface area contributed by atoms with Crippen LogP contribution in [0.4, 0.5) is 13.2 Å². The van der Waals surface area contributed by atoms with Crippen molar-refractivity contribution in [1.82, 2.24) is 4.98 Å². The molecule has 8 rings (SSSR count). The van der Waals surface area contributed by atoms with Gasteiger partial charge in [-0.15, -0.1) is 0 Å². The fourth-order valence-electron chi connectivity index (χ4n) is 8.57. The summed E-state index contributed by atoms with van der Waals surface area (Å²) in [5, 5.41) is 18.7. The van der Waals surface area contributed by atoms with Crippen LogP contribution < -0.4 is 20.2 Å². The van der Waals surface area contributed by atoms with Crippen molar-refractivity contribution in [2.75, 3.05) is 14.2 Å². The van der Waals surface area contributed by atoms with Crippen LogP contribution in [0.15, 0.2) is 144 Å². The van der Waals surface area contributed by atoms with Gasteiger partial charge in [-0.2, -0.15) is 26.6 Å². The van der Waals surface area contributed by atoms with Crippen molar-refractivity contribution < 1.29 is 45.3 Å². The number of aryl methyl sites for hydroxylation is 2. The van der Waals surface area contributed by atoms with Crippen LogP contribution in [0.5, 0.6) is 11.5 Å². The summed E-state index contributed by atoms with van der Waals surface area (Å²) in [6.45, 7) is 9.04. The number of aromatic nitrogens is 1. The van der Waals surface area contributed by atoms with Gasteiger partial charge >= 0.3 is 22.7 Å². The van der Waals surface area contributed by atoms with Crippen molar-refractivity contribution >= 4 is 41.8 Å². The number of allylic oxidation sites excluding steroid dienone is 1. The van der Waals surface area contributed by atoms with Crippen molar-refractivity contribution in [2.45, 2.75) is 102 Å². The average molecular weight is 970 g/mol. The van der Waals surface area contributed by atoms with Gasteiger partial charge in [-0.3, -0.25) is 4.98 Å². The van der Waals surface area contributed by atoms with E-state index in [4.69, 9.17) is 19.5 Å². The number of benzene rings is 4. The summed E-state index contributed by atoms with van der Waals surface area (Å²) >= 11 is 0. The second kappa shape index (κ2) is 25.8. The molecule has 2 fully saturated rings. The van der Waals surface area contributed by atoms with E-state index in [0.717, 1.165) is 45.8 Å². The van der Waals surface area contributed by atoms with Crippen molar-refractivity contribution in [3.63, 3.8) is 0 Å². The van der Waals surface area contributed by atoms with Gasteiger partial charge in [-0.05, 0) is 104 Å². The van der Waals surface area contributed by atoms with E-state index < -0.39 is 28.6 Å². The van der Waals surface area contributed by atoms with E-state index in [1.165, 1.54) is 87.3 Å². The first-order valence-electron chi connectivity index (χ1n) is 22.8. The molecule has 68 heavy (non-hydrogen) atoms. The number of ether oxygens (including phenoxy) is 2. The van der Waals surface area contributed by atoms with E-state index in [9.17, 15) is 21.6 Å². The predicted octanol–water partition coefficient (Wildman–Crippen LogP) is 11.8. The Bertz CT molecular complexity index is 2510. The van der Waals surface area contributed by atoms with E-state index in [1.807, 2.05) is 37.3 Å². The Morgan fingerprint density at radius 1 is 0.735 bits per heavy atom. The molecule has 2 aliphatic carbocycles. The Morgan fingerprint density at radius 2 is 1.26 bits per heavy atom. The van der Waals surface area contributed by atoms with E-state index >= 15 is 0 Å². The molecule has 2 heterocycles. The summed E-state index contributed by atoms with van der Waals surface area (Å²) < 4.78 is 72.6. The largest absolute Gasteiger partial charge is 0.534 e. The number of hydrogen-bond donors (Lipinski definition) is 2. The molecule has 0 atom stereocenters. The number of halogens is 3. The molecule has 0 radical (unpaired) electrons. The standard InChI is InChI=1S/C26H35O2P.C13H13N.C8H7F3NO3S.C6H7BO2/c1-27-23-17-11-18-24(28-2)26(23)22-16-9-10-19-25(22)29(20-12-5-3-6-13-20)21-14-7-4-8-15-21;1-10-8-11(2)14-13(9-10)12-6-4-3-5-7-12;1-5-3-6(2)12-7(4-5)15-16(13,14)8(9,10)11;8-7(9)6-4-2-1-3-5-6/h9-11,16-21H,3-8,12-15H2,1-2H3;3-9H,1-2H3;3-4H,2H2,1H3;1-5,8-9H/q;;+1;. The van der Waals surface area contributed by atoms with Gasteiger partial charge in [-0.1, -0.05) is 137 Å². The van der Waals surface area contributed by atoms with Gasteiger partial charge < -0.3 is 23.7 Å². The van der Waals surface area contributed by atoms with Crippen LogP contribution in [-0.4, -0.2) is 67.5 Å². The van der Waals surface area contributed by atoms with Crippen LogP contribution in [0.1, 0.15) is 82.4 Å². The lowest BCUT2D eigenvalue weighted by molar-refractivity contribution is -0.0504. The smallest absolute Gasteiger partial charge is 0.496 e. The summed E-state index contributed by atoms with van der Waals surface area (Å²) in [6, 6.07) is 38.4. The third-order valence-corrected chi connectivity index (χ3v) is 16.1. The number of hydrogen-bond acceptors (Lipinski definition) is 9. The van der Waals surface area contributed by atoms with Gasteiger partial charge in [0.25, 0.3) is 5.90 Å². The first kappa shape index (κ1) is 53.6. The highest BCUT2D eigenvalue weighted by atomic mass is 32.2. The van der Waals surface area contributed by atoms with Crippen LogP contribution >= 0.6 is 7.92 Å². The summed E-state index contributed by atoms with van der Waals surface area (Å²) in [7, 11) is -3.66. The number of pyridine rings is 1. The average Bonchev–Trinajstić information content (AvgIpc) is 3.32. The zero-order valence-electron chi connectivity index (χ0n) is 39.5. The molecular formula is C53H62BF3N2O7PS+. The highest BCUT2D eigenvalue weighted by Crippen LogP contribution is 2.57. The highest BCUT2D eigenvalue weighted by molar-refractivity contribution is 7.88. The highest BCUT2D eigenvalue weighted by Gasteiger charge is 2.49. The molecule has 1 aliphatic heterocycles. The fourth-order valence-corrected chi connectivity index (χ4v) is 12.9. The molecule has 3 aliphatic rings. The molecule has 2 saturated carbocycles. The molecule has 360 valence electrons. The molecule has 0 bridgehead atoms. The van der Waals surface area contributed by atoms with Crippen molar-refractivity contribution in [1.29, 1.82) is 0 Å². The fraction of sp³-hybridized carbons (Fsp3) is 0.340. The maximum atomic E-state index is 12.0. The van der Waals surface area contributed by atoms with Crippen molar-refractivity contribution in [3.8, 4) is 33.9 Å². The Labute approximate surface area is 402 Å². The molecule has 0 unspecified atom stereocenters. The molecule has 0 spiro atoms. The molecule has 4 aromatic carbocycles. The monoisotopic (exact) mass is 969 g/mol. The summed E-state index contributed by atoms with van der Waals surface area (Å²) in [5.74, 6) is 1.18.